The van der Waals surface area contributed by atoms with Gasteiger partial charge in [-0.15, -0.1) is 10.2 Å². The summed E-state index contributed by atoms with van der Waals surface area (Å²) in [5.74, 6) is -1.02. The molecular formula is C25H19N3O7. The molecule has 0 saturated heterocycles. The number of hydrogen-bond donors (Lipinski definition) is 2. The molecule has 0 saturated carbocycles. The number of cyclic esters (lactones) is 1. The average Bonchev–Trinajstić information content (AvgIpc) is 3.35. The molecule has 0 spiro atoms. The van der Waals surface area contributed by atoms with Crippen LogP contribution in [0.4, 0.5) is 5.69 Å². The predicted octanol–water partition coefficient (Wildman–Crippen LogP) is 4.71. The number of aromatic nitrogens is 1. The second-order valence-corrected chi connectivity index (χ2v) is 7.63. The summed E-state index contributed by atoms with van der Waals surface area (Å²) in [6, 6.07) is 15.8. The van der Waals surface area contributed by atoms with Crippen molar-refractivity contribution in [1.82, 2.24) is 4.57 Å². The number of hydrogen-bond acceptors (Lipinski definition) is 8. The van der Waals surface area contributed by atoms with E-state index in [2.05, 4.69) is 10.2 Å². The van der Waals surface area contributed by atoms with Crippen molar-refractivity contribution in [3.05, 3.63) is 77.4 Å². The van der Waals surface area contributed by atoms with Crippen LogP contribution in [0, 0.1) is 0 Å². The first-order chi connectivity index (χ1) is 16.9. The molecule has 4 aromatic rings. The quantitative estimate of drug-likeness (QED) is 0.317. The van der Waals surface area contributed by atoms with Gasteiger partial charge in [0.05, 0.1) is 19.7 Å². The molecule has 5 rings (SSSR count). The number of carbonyl (C=O) groups is 2. The molecule has 10 nitrogen and oxygen atoms in total. The lowest BCUT2D eigenvalue weighted by atomic mass is 10.1. The number of phenolic OH excluding ortho intramolecular Hbond substituents is 1. The van der Waals surface area contributed by atoms with Gasteiger partial charge in [-0.05, 0) is 42.5 Å². The molecule has 2 N–H and O–H groups in total. The van der Waals surface area contributed by atoms with Gasteiger partial charge >= 0.3 is 5.97 Å². The molecule has 0 unspecified atom stereocenters. The maximum absolute atomic E-state index is 12.8. The first-order valence-corrected chi connectivity index (χ1v) is 10.5. The number of amides is 1. The highest BCUT2D eigenvalue weighted by Crippen LogP contribution is 2.48. The van der Waals surface area contributed by atoms with E-state index < -0.39 is 18.1 Å². The molecule has 0 bridgehead atoms. The van der Waals surface area contributed by atoms with Crippen LogP contribution in [-0.2, 0) is 4.74 Å². The number of benzene rings is 3. The van der Waals surface area contributed by atoms with Crippen LogP contribution in [0.5, 0.6) is 23.1 Å². The Balaban J connectivity index is 1.62. The molecule has 176 valence electrons. The van der Waals surface area contributed by atoms with Crippen molar-refractivity contribution in [3.63, 3.8) is 0 Å². The lowest BCUT2D eigenvalue weighted by molar-refractivity contribution is 0.0316. The van der Waals surface area contributed by atoms with Crippen molar-refractivity contribution in [2.24, 2.45) is 10.2 Å². The molecule has 1 aliphatic rings. The van der Waals surface area contributed by atoms with Crippen molar-refractivity contribution in [2.45, 2.75) is 6.23 Å². The highest BCUT2D eigenvalue weighted by molar-refractivity contribution is 6.00. The van der Waals surface area contributed by atoms with E-state index in [1.807, 2.05) is 0 Å². The highest BCUT2D eigenvalue weighted by Gasteiger charge is 2.39. The van der Waals surface area contributed by atoms with Crippen LogP contribution in [0.3, 0.4) is 0 Å². The maximum Gasteiger partial charge on any atom is 0.344 e. The van der Waals surface area contributed by atoms with E-state index in [0.717, 1.165) is 0 Å². The Morgan fingerprint density at radius 2 is 1.74 bits per heavy atom. The molecule has 1 atom stereocenters. The van der Waals surface area contributed by atoms with Crippen LogP contribution in [0.15, 0.2) is 70.9 Å². The van der Waals surface area contributed by atoms with Crippen LogP contribution < -0.4 is 9.47 Å². The number of methoxy groups -OCH3 is 2. The van der Waals surface area contributed by atoms with Crippen LogP contribution in [0.2, 0.25) is 0 Å². The highest BCUT2D eigenvalue weighted by atomic mass is 16.6. The Hall–Kier alpha value is -4.86. The molecule has 1 aromatic heterocycles. The number of aromatic hydroxyl groups is 2. The minimum Gasteiger partial charge on any atom is -0.508 e. The minimum atomic E-state index is -1.01. The largest absolute Gasteiger partial charge is 0.508 e. The van der Waals surface area contributed by atoms with Gasteiger partial charge in [0.2, 0.25) is 12.1 Å². The van der Waals surface area contributed by atoms with Gasteiger partial charge in [-0.3, -0.25) is 9.36 Å². The van der Waals surface area contributed by atoms with Gasteiger partial charge in [-0.2, -0.15) is 0 Å². The number of azo groups is 1. The predicted molar refractivity (Wildman–Crippen MR) is 124 cm³/mol. The number of rotatable bonds is 5. The first kappa shape index (κ1) is 22.0. The summed E-state index contributed by atoms with van der Waals surface area (Å²) < 4.78 is 17.7. The van der Waals surface area contributed by atoms with Gasteiger partial charge < -0.3 is 24.4 Å². The van der Waals surface area contributed by atoms with Gasteiger partial charge in [-0.25, -0.2) is 4.79 Å². The Labute approximate surface area is 198 Å². The van der Waals surface area contributed by atoms with Gasteiger partial charge in [0.25, 0.3) is 5.91 Å². The summed E-state index contributed by atoms with van der Waals surface area (Å²) in [5, 5.41) is 28.8. The number of ether oxygens (including phenoxy) is 3. The fourth-order valence-electron chi connectivity index (χ4n) is 4.10. The van der Waals surface area contributed by atoms with Crippen LogP contribution >= 0.6 is 0 Å². The minimum absolute atomic E-state index is 0.0137. The number of esters is 1. The number of para-hydroxylation sites is 1. The lowest BCUT2D eigenvalue weighted by Gasteiger charge is -2.16. The second-order valence-electron chi connectivity index (χ2n) is 7.63. The van der Waals surface area contributed by atoms with E-state index in [1.54, 1.807) is 36.4 Å². The summed E-state index contributed by atoms with van der Waals surface area (Å²) in [5.41, 5.74) is 1.43. The first-order valence-electron chi connectivity index (χ1n) is 10.5. The molecule has 1 aliphatic heterocycles. The molecule has 2 heterocycles. The zero-order chi connectivity index (χ0) is 24.7. The van der Waals surface area contributed by atoms with E-state index in [4.69, 9.17) is 14.2 Å². The maximum atomic E-state index is 12.8. The van der Waals surface area contributed by atoms with E-state index >= 15 is 0 Å². The SMILES string of the molecule is COc1ccc2c(c1OC)C(=O)O[C@@H]2n1c(O)c(N=NC(=O)c2ccc(O)cc2)c2ccccc21. The topological polar surface area (TPSA) is 132 Å². The molecule has 0 radical (unpaired) electrons. The Kier molecular flexibility index (Phi) is 5.33. The Morgan fingerprint density at radius 3 is 2.46 bits per heavy atom. The molecular weight excluding hydrogens is 454 g/mol. The summed E-state index contributed by atoms with van der Waals surface area (Å²) in [6.07, 6.45) is -1.01. The van der Waals surface area contributed by atoms with Crippen molar-refractivity contribution in [1.29, 1.82) is 0 Å². The molecule has 35 heavy (non-hydrogen) atoms. The van der Waals surface area contributed by atoms with E-state index in [-0.39, 0.29) is 34.2 Å². The zero-order valence-corrected chi connectivity index (χ0v) is 18.6. The molecule has 10 heteroatoms. The fourth-order valence-corrected chi connectivity index (χ4v) is 4.10. The monoisotopic (exact) mass is 473 g/mol. The third-order valence-corrected chi connectivity index (χ3v) is 5.71. The van der Waals surface area contributed by atoms with Gasteiger partial charge in [0.1, 0.15) is 11.3 Å². The number of phenols is 1. The molecule has 0 aliphatic carbocycles. The van der Waals surface area contributed by atoms with Crippen LogP contribution in [0.25, 0.3) is 10.9 Å². The zero-order valence-electron chi connectivity index (χ0n) is 18.6. The Bertz CT molecular complexity index is 1510. The average molecular weight is 473 g/mol. The lowest BCUT2D eigenvalue weighted by Crippen LogP contribution is -2.09. The number of nitrogens with zero attached hydrogens (tertiary/aromatic N) is 3. The standard InChI is InChI=1S/C25H19N3O7/c1-33-18-12-11-16-19(21(18)34-2)25(32)35-24(16)28-17-6-4-3-5-15(17)20(23(28)31)26-27-22(30)13-7-9-14(29)10-8-13/h3-12,24,29,31H,1-2H3/t24-/m0/s1. The normalized spacial score (nSPS) is 14.8. The molecule has 0 fully saturated rings. The third-order valence-electron chi connectivity index (χ3n) is 5.71. The van der Waals surface area contributed by atoms with E-state index in [1.165, 1.54) is 43.1 Å². The summed E-state index contributed by atoms with van der Waals surface area (Å²) in [6.45, 7) is 0. The Morgan fingerprint density at radius 1 is 1.00 bits per heavy atom. The summed E-state index contributed by atoms with van der Waals surface area (Å²) in [7, 11) is 2.88. The van der Waals surface area contributed by atoms with E-state index in [9.17, 15) is 19.8 Å². The van der Waals surface area contributed by atoms with Crippen LogP contribution in [0.1, 0.15) is 32.5 Å². The third kappa shape index (κ3) is 3.52. The van der Waals surface area contributed by atoms with Crippen molar-refractivity contribution in [2.75, 3.05) is 14.2 Å². The second kappa shape index (κ2) is 8.49. The number of carbonyl (C=O) groups excluding carboxylic acids is 2. The summed E-state index contributed by atoms with van der Waals surface area (Å²) >= 11 is 0. The van der Waals surface area contributed by atoms with E-state index in [0.29, 0.717) is 22.2 Å². The summed E-state index contributed by atoms with van der Waals surface area (Å²) in [4.78, 5) is 25.2. The molecule has 3 aromatic carbocycles. The van der Waals surface area contributed by atoms with Gasteiger partial charge in [0.15, 0.2) is 17.2 Å². The fraction of sp³-hybridized carbons (Fsp3) is 0.120. The van der Waals surface area contributed by atoms with Crippen molar-refractivity contribution in [3.8, 4) is 23.1 Å². The van der Waals surface area contributed by atoms with Gasteiger partial charge in [0, 0.05) is 16.5 Å². The van der Waals surface area contributed by atoms with Crippen molar-refractivity contribution < 1.29 is 34.0 Å². The smallest absolute Gasteiger partial charge is 0.344 e. The molecule has 1 amide bonds. The van der Waals surface area contributed by atoms with Crippen LogP contribution in [-0.4, -0.2) is 40.9 Å². The number of fused-ring (bicyclic) bond motifs is 2. The van der Waals surface area contributed by atoms with Crippen molar-refractivity contribution >= 4 is 28.5 Å². The van der Waals surface area contributed by atoms with Gasteiger partial charge in [-0.1, -0.05) is 18.2 Å².